The first kappa shape index (κ1) is 84.4. The molecule has 0 aliphatic carbocycles. The van der Waals surface area contributed by atoms with Crippen LogP contribution in [0.15, 0.2) is 176 Å². The number of esters is 8. The molecule has 17 nitrogen and oxygen atoms in total. The van der Waals surface area contributed by atoms with E-state index in [1.54, 1.807) is 55.7 Å². The van der Waals surface area contributed by atoms with E-state index in [1.165, 1.54) is 35.4 Å². The van der Waals surface area contributed by atoms with Crippen LogP contribution in [0.2, 0.25) is 0 Å². The van der Waals surface area contributed by atoms with E-state index < -0.39 is 45.5 Å². The van der Waals surface area contributed by atoms with Gasteiger partial charge >= 0.3 is 47.8 Å². The van der Waals surface area contributed by atoms with Crippen molar-refractivity contribution in [3.63, 3.8) is 0 Å². The standard InChI is InChI=1S/C20H26O5.2C20H26O4.C19H24O4/c1-5-20(2,3)19(22)25-15-14-24-18(21)9-7-6-8-16-10-12-17(23-4)13-11-16;1-5-20(3,4)19(22)24-14-13-23-18(21)12-7-6-10-17-11-8-9-16(2)15-17;1-5-20(3,4)19(22)24-15-14-23-18(21)9-7-6-8-17-12-10-16(2)11-13-17;1-4-19(2,3)18(21)23-15-14-22-17(20)13-9-8-12-16-10-6-5-7-11-16/h6-13H,5,14-15H2,1-4H3;6-12,15H,5,13-14H2,1-4H3;6-13H,5,14-15H2,1-4H3;5-13H,4,14-15H2,1-3H3/b8-6+,9-7+;10-6+,12-7+;8-6+,9-7+;12-8+,13-9+. The zero-order valence-corrected chi connectivity index (χ0v) is 59.0. The molecule has 0 amide bonds. The maximum atomic E-state index is 11.7. The van der Waals surface area contributed by atoms with Crippen LogP contribution in [-0.2, 0) is 76.3 Å². The summed E-state index contributed by atoms with van der Waals surface area (Å²) >= 11 is 0. The Morgan fingerprint density at radius 2 is 0.583 bits per heavy atom. The number of benzene rings is 4. The summed E-state index contributed by atoms with van der Waals surface area (Å²) in [5, 5.41) is 0. The van der Waals surface area contributed by atoms with Crippen molar-refractivity contribution in [3.05, 3.63) is 209 Å². The first-order chi connectivity index (χ1) is 45.5. The quantitative estimate of drug-likeness (QED) is 0.0142. The molecule has 0 spiro atoms. The Bertz CT molecular complexity index is 3240. The van der Waals surface area contributed by atoms with E-state index in [2.05, 4.69) is 6.07 Å². The summed E-state index contributed by atoms with van der Waals surface area (Å²) in [4.78, 5) is 92.9. The molecule has 0 saturated carbocycles. The minimum absolute atomic E-state index is 0.0386. The van der Waals surface area contributed by atoms with Gasteiger partial charge in [0.15, 0.2) is 0 Å². The van der Waals surface area contributed by atoms with Crippen molar-refractivity contribution in [2.75, 3.05) is 60.0 Å². The smallest absolute Gasteiger partial charge is 0.330 e. The summed E-state index contributed by atoms with van der Waals surface area (Å²) in [6, 6.07) is 33.4. The maximum absolute atomic E-state index is 11.7. The molecule has 0 aliphatic rings. The highest BCUT2D eigenvalue weighted by Gasteiger charge is 2.29. The Morgan fingerprint density at radius 3 is 0.875 bits per heavy atom. The fourth-order valence-corrected chi connectivity index (χ4v) is 6.59. The molecule has 4 aromatic rings. The second-order valence-electron chi connectivity index (χ2n) is 24.0. The Labute approximate surface area is 569 Å². The van der Waals surface area contributed by atoms with Crippen LogP contribution in [0.25, 0.3) is 24.3 Å². The summed E-state index contributed by atoms with van der Waals surface area (Å²) in [6.07, 6.45) is 29.2. The topological polar surface area (TPSA) is 220 Å². The molecule has 0 aromatic heterocycles. The Kier molecular flexibility index (Phi) is 41.5. The molecule has 0 radical (unpaired) electrons. The number of rotatable bonds is 33. The molecular weight excluding hydrogens is 1220 g/mol. The van der Waals surface area contributed by atoms with E-state index >= 15 is 0 Å². The zero-order chi connectivity index (χ0) is 71.8. The number of hydrogen-bond acceptors (Lipinski definition) is 17. The van der Waals surface area contributed by atoms with Gasteiger partial charge in [-0.2, -0.15) is 0 Å². The highest BCUT2D eigenvalue weighted by molar-refractivity contribution is 5.84. The third-order valence-electron chi connectivity index (χ3n) is 14.6. The number of methoxy groups -OCH3 is 1. The molecule has 96 heavy (non-hydrogen) atoms. The molecule has 0 aliphatic heterocycles. The van der Waals surface area contributed by atoms with Crippen LogP contribution in [0.1, 0.15) is 142 Å². The molecule has 0 atom stereocenters. The van der Waals surface area contributed by atoms with Gasteiger partial charge in [0.25, 0.3) is 0 Å². The number of ether oxygens (including phenoxy) is 9. The molecule has 0 unspecified atom stereocenters. The average Bonchev–Trinajstić information content (AvgIpc) is 1.51. The second kappa shape index (κ2) is 47.3. The minimum atomic E-state index is -0.518. The monoisotopic (exact) mass is 1320 g/mol. The van der Waals surface area contributed by atoms with Crippen LogP contribution in [0.5, 0.6) is 5.75 Å². The number of hydrogen-bond donors (Lipinski definition) is 0. The third kappa shape index (κ3) is 39.2. The zero-order valence-electron chi connectivity index (χ0n) is 59.0. The molecule has 0 N–H and O–H groups in total. The normalized spacial score (nSPS) is 11.8. The van der Waals surface area contributed by atoms with E-state index in [1.807, 2.05) is 218 Å². The lowest BCUT2D eigenvalue weighted by Crippen LogP contribution is -2.27. The molecule has 0 heterocycles. The Hall–Kier alpha value is -9.64. The van der Waals surface area contributed by atoms with Gasteiger partial charge < -0.3 is 42.6 Å². The highest BCUT2D eigenvalue weighted by atomic mass is 16.6. The molecule has 4 aromatic carbocycles. The summed E-state index contributed by atoms with van der Waals surface area (Å²) in [5.41, 5.74) is 4.51. The van der Waals surface area contributed by atoms with E-state index in [9.17, 15) is 38.4 Å². The van der Waals surface area contributed by atoms with Gasteiger partial charge in [-0.3, -0.25) is 19.2 Å². The number of aryl methyl sites for hydroxylation is 2. The van der Waals surface area contributed by atoms with Crippen LogP contribution in [-0.4, -0.2) is 108 Å². The number of carbonyl (C=O) groups is 8. The predicted octanol–water partition coefficient (Wildman–Crippen LogP) is 15.7. The Morgan fingerprint density at radius 1 is 0.312 bits per heavy atom. The average molecular weight is 1320 g/mol. The second-order valence-corrected chi connectivity index (χ2v) is 24.0. The van der Waals surface area contributed by atoms with E-state index in [4.69, 9.17) is 42.6 Å². The molecule has 520 valence electrons. The lowest BCUT2D eigenvalue weighted by molar-refractivity contribution is -0.158. The summed E-state index contributed by atoms with van der Waals surface area (Å²) in [7, 11) is 1.62. The molecule has 0 fully saturated rings. The lowest BCUT2D eigenvalue weighted by Gasteiger charge is -2.20. The van der Waals surface area contributed by atoms with E-state index in [0.717, 1.165) is 28.0 Å². The lowest BCUT2D eigenvalue weighted by atomic mass is 9.91. The van der Waals surface area contributed by atoms with Crippen LogP contribution in [0.3, 0.4) is 0 Å². The van der Waals surface area contributed by atoms with Gasteiger partial charge in [-0.15, -0.1) is 0 Å². The van der Waals surface area contributed by atoms with Gasteiger partial charge in [0.05, 0.1) is 28.8 Å². The molecule has 17 heteroatoms. The van der Waals surface area contributed by atoms with Crippen molar-refractivity contribution >= 4 is 72.1 Å². The fraction of sp³-hybridized carbons (Fsp3) is 0.392. The summed E-state index contributed by atoms with van der Waals surface area (Å²) < 4.78 is 45.3. The van der Waals surface area contributed by atoms with Crippen LogP contribution in [0.4, 0.5) is 0 Å². The number of carbonyl (C=O) groups excluding carboxylic acids is 8. The van der Waals surface area contributed by atoms with Crippen molar-refractivity contribution in [1.82, 2.24) is 0 Å². The summed E-state index contributed by atoms with van der Waals surface area (Å²) in [6.45, 7) is 26.8. The van der Waals surface area contributed by atoms with E-state index in [-0.39, 0.29) is 76.7 Å². The first-order valence-electron chi connectivity index (χ1n) is 32.1. The number of allylic oxidation sites excluding steroid dienone is 8. The predicted molar refractivity (Wildman–Crippen MR) is 378 cm³/mol. The largest absolute Gasteiger partial charge is 0.497 e. The van der Waals surface area contributed by atoms with Gasteiger partial charge in [-0.1, -0.05) is 203 Å². The van der Waals surface area contributed by atoms with Crippen molar-refractivity contribution in [1.29, 1.82) is 0 Å². The van der Waals surface area contributed by atoms with Crippen LogP contribution < -0.4 is 4.74 Å². The molecule has 0 saturated heterocycles. The minimum Gasteiger partial charge on any atom is -0.497 e. The summed E-state index contributed by atoms with van der Waals surface area (Å²) in [5.74, 6) is -2.21. The van der Waals surface area contributed by atoms with Gasteiger partial charge in [-0.05, 0) is 129 Å². The Balaban J connectivity index is 0.000000640. The van der Waals surface area contributed by atoms with Crippen molar-refractivity contribution < 1.29 is 81.0 Å². The highest BCUT2D eigenvalue weighted by Crippen LogP contribution is 2.24. The molecule has 4 rings (SSSR count). The van der Waals surface area contributed by atoms with Gasteiger partial charge in [0.2, 0.25) is 0 Å². The van der Waals surface area contributed by atoms with Crippen LogP contribution >= 0.6 is 0 Å². The van der Waals surface area contributed by atoms with Gasteiger partial charge in [-0.25, -0.2) is 19.2 Å². The van der Waals surface area contributed by atoms with Crippen molar-refractivity contribution in [3.8, 4) is 5.75 Å². The van der Waals surface area contributed by atoms with Gasteiger partial charge in [0.1, 0.15) is 58.6 Å². The van der Waals surface area contributed by atoms with Crippen molar-refractivity contribution in [2.45, 2.75) is 123 Å². The first-order valence-corrected chi connectivity index (χ1v) is 32.1. The fourth-order valence-electron chi connectivity index (χ4n) is 6.59. The molecule has 0 bridgehead atoms. The SMILES string of the molecule is CCC(C)(C)C(=O)OCCOC(=O)/C=C/C=C/c1ccc(C)cc1.CCC(C)(C)C(=O)OCCOC(=O)/C=C/C=C/c1ccc(OC)cc1.CCC(C)(C)C(=O)OCCOC(=O)/C=C/C=C/c1cccc(C)c1.CCC(C)(C)C(=O)OCCOC(=O)/C=C/C=C/c1ccccc1. The third-order valence-corrected chi connectivity index (χ3v) is 14.6. The maximum Gasteiger partial charge on any atom is 0.330 e. The van der Waals surface area contributed by atoms with Gasteiger partial charge in [0, 0.05) is 24.3 Å². The van der Waals surface area contributed by atoms with Crippen molar-refractivity contribution in [2.24, 2.45) is 21.7 Å². The molecular formula is C79H102O17. The van der Waals surface area contributed by atoms with E-state index in [0.29, 0.717) is 25.7 Å². The van der Waals surface area contributed by atoms with Crippen LogP contribution in [0, 0.1) is 35.5 Å².